The van der Waals surface area contributed by atoms with Crippen molar-refractivity contribution in [2.24, 2.45) is 0 Å². The molecule has 0 aliphatic heterocycles. The molecule has 0 bridgehead atoms. The molecule has 0 fully saturated rings. The van der Waals surface area contributed by atoms with Crippen LogP contribution < -0.4 is 0 Å². The molecule has 0 heteroatoms. The van der Waals surface area contributed by atoms with Crippen molar-refractivity contribution in [3.8, 4) is 0 Å². The molecule has 1 aliphatic rings. The molecule has 1 atom stereocenters. The van der Waals surface area contributed by atoms with Crippen molar-refractivity contribution < 1.29 is 0 Å². The molecule has 1 aromatic carbocycles. The van der Waals surface area contributed by atoms with Crippen molar-refractivity contribution in [3.05, 3.63) is 35.4 Å². The van der Waals surface area contributed by atoms with E-state index < -0.39 is 0 Å². The zero-order chi connectivity index (χ0) is 6.27. The van der Waals surface area contributed by atoms with E-state index in [1.165, 1.54) is 6.42 Å². The Morgan fingerprint density at radius 1 is 1.33 bits per heavy atom. The summed E-state index contributed by atoms with van der Waals surface area (Å²) in [6.45, 7) is 2.28. The lowest BCUT2D eigenvalue weighted by Gasteiger charge is -2.25. The van der Waals surface area contributed by atoms with Gasteiger partial charge in [0.1, 0.15) is 0 Å². The zero-order valence-electron chi connectivity index (χ0n) is 5.59. The summed E-state index contributed by atoms with van der Waals surface area (Å²) in [5, 5.41) is 0. The molecule has 0 aromatic heterocycles. The monoisotopic (exact) mass is 118 g/mol. The summed E-state index contributed by atoms with van der Waals surface area (Å²) in [4.78, 5) is 0. The predicted molar refractivity (Wildman–Crippen MR) is 38.6 cm³/mol. The maximum absolute atomic E-state index is 2.28. The molecule has 1 aliphatic carbocycles. The third-order valence-corrected chi connectivity index (χ3v) is 2.11. The minimum atomic E-state index is 0.821. The first-order valence-electron chi connectivity index (χ1n) is 3.46. The van der Waals surface area contributed by atoms with Crippen LogP contribution in [-0.2, 0) is 6.42 Å². The third kappa shape index (κ3) is 0.593. The van der Waals surface area contributed by atoms with E-state index in [4.69, 9.17) is 0 Å². The van der Waals surface area contributed by atoms with Crippen LogP contribution in [0.2, 0.25) is 0 Å². The number of fused-ring (bicyclic) bond motifs is 1. The first-order valence-corrected chi connectivity index (χ1v) is 3.46. The third-order valence-electron chi connectivity index (χ3n) is 2.11. The van der Waals surface area contributed by atoms with Crippen LogP contribution in [0.15, 0.2) is 24.3 Å². The van der Waals surface area contributed by atoms with Crippen LogP contribution in [-0.4, -0.2) is 0 Å². The molecule has 2 rings (SSSR count). The number of hydrogen-bond donors (Lipinski definition) is 0. The smallest absolute Gasteiger partial charge is 0.0147 e. The lowest BCUT2D eigenvalue weighted by Crippen LogP contribution is -2.12. The fourth-order valence-electron chi connectivity index (χ4n) is 1.51. The average Bonchev–Trinajstić information content (AvgIpc) is 1.86. The van der Waals surface area contributed by atoms with Crippen LogP contribution >= 0.6 is 0 Å². The second-order valence-corrected chi connectivity index (χ2v) is 2.80. The number of benzene rings is 1. The minimum Gasteiger partial charge on any atom is -0.0620 e. The molecule has 1 aromatic rings. The Labute approximate surface area is 55.5 Å². The van der Waals surface area contributed by atoms with Crippen molar-refractivity contribution in [3.63, 3.8) is 0 Å². The standard InChI is InChI=1S/C9H10/c1-7-6-8-4-2-3-5-9(7)8/h2-5,7H,6H2,1H3/t7-/m1/s1. The largest absolute Gasteiger partial charge is 0.0620 e. The van der Waals surface area contributed by atoms with Gasteiger partial charge in [-0.15, -0.1) is 0 Å². The Morgan fingerprint density at radius 2 is 2.11 bits per heavy atom. The van der Waals surface area contributed by atoms with E-state index in [0.717, 1.165) is 5.92 Å². The fourth-order valence-corrected chi connectivity index (χ4v) is 1.51. The normalized spacial score (nSPS) is 22.6. The van der Waals surface area contributed by atoms with Gasteiger partial charge in [-0.1, -0.05) is 31.2 Å². The van der Waals surface area contributed by atoms with Crippen LogP contribution in [0.1, 0.15) is 24.0 Å². The van der Waals surface area contributed by atoms with Crippen molar-refractivity contribution in [2.45, 2.75) is 19.3 Å². The van der Waals surface area contributed by atoms with E-state index >= 15 is 0 Å². The maximum atomic E-state index is 2.28. The second kappa shape index (κ2) is 1.60. The first kappa shape index (κ1) is 5.04. The molecule has 0 nitrogen and oxygen atoms in total. The topological polar surface area (TPSA) is 0 Å². The van der Waals surface area contributed by atoms with Gasteiger partial charge < -0.3 is 0 Å². The molecule has 9 heavy (non-hydrogen) atoms. The van der Waals surface area contributed by atoms with Crippen LogP contribution in [0.25, 0.3) is 0 Å². The molecule has 0 heterocycles. The number of rotatable bonds is 0. The highest BCUT2D eigenvalue weighted by Gasteiger charge is 2.19. The summed E-state index contributed by atoms with van der Waals surface area (Å²) in [6, 6.07) is 8.68. The van der Waals surface area contributed by atoms with Gasteiger partial charge >= 0.3 is 0 Å². The van der Waals surface area contributed by atoms with Crippen LogP contribution in [0.4, 0.5) is 0 Å². The average molecular weight is 118 g/mol. The maximum Gasteiger partial charge on any atom is -0.0147 e. The highest BCUT2D eigenvalue weighted by atomic mass is 14.2. The molecular formula is C9H10. The van der Waals surface area contributed by atoms with Crippen molar-refractivity contribution in [1.82, 2.24) is 0 Å². The van der Waals surface area contributed by atoms with E-state index in [0.29, 0.717) is 0 Å². The Balaban J connectivity index is 2.51. The molecular weight excluding hydrogens is 108 g/mol. The predicted octanol–water partition coefficient (Wildman–Crippen LogP) is 2.35. The Morgan fingerprint density at radius 3 is 2.67 bits per heavy atom. The van der Waals surface area contributed by atoms with E-state index in [1.807, 2.05) is 0 Å². The van der Waals surface area contributed by atoms with Gasteiger partial charge in [0.05, 0.1) is 0 Å². The molecule has 0 saturated heterocycles. The Hall–Kier alpha value is -0.780. The van der Waals surface area contributed by atoms with E-state index in [-0.39, 0.29) is 0 Å². The summed E-state index contributed by atoms with van der Waals surface area (Å²) in [5.74, 6) is 0.821. The van der Waals surface area contributed by atoms with Gasteiger partial charge in [-0.05, 0) is 23.5 Å². The summed E-state index contributed by atoms with van der Waals surface area (Å²) >= 11 is 0. The summed E-state index contributed by atoms with van der Waals surface area (Å²) in [6.07, 6.45) is 1.29. The van der Waals surface area contributed by atoms with Crippen LogP contribution in [0, 0.1) is 0 Å². The quantitative estimate of drug-likeness (QED) is 0.490. The molecule has 0 saturated carbocycles. The fraction of sp³-hybridized carbons (Fsp3) is 0.333. The summed E-state index contributed by atoms with van der Waals surface area (Å²) in [5.41, 5.74) is 3.10. The Kier molecular flexibility index (Phi) is 0.895. The van der Waals surface area contributed by atoms with Crippen molar-refractivity contribution >= 4 is 0 Å². The highest BCUT2D eigenvalue weighted by molar-refractivity contribution is 5.38. The van der Waals surface area contributed by atoms with E-state index in [1.54, 1.807) is 11.1 Å². The molecule has 0 spiro atoms. The zero-order valence-corrected chi connectivity index (χ0v) is 5.59. The molecule has 0 unspecified atom stereocenters. The van der Waals surface area contributed by atoms with E-state index in [9.17, 15) is 0 Å². The van der Waals surface area contributed by atoms with Gasteiger partial charge in [0.2, 0.25) is 0 Å². The van der Waals surface area contributed by atoms with Crippen molar-refractivity contribution in [1.29, 1.82) is 0 Å². The summed E-state index contributed by atoms with van der Waals surface area (Å²) < 4.78 is 0. The van der Waals surface area contributed by atoms with Gasteiger partial charge in [-0.3, -0.25) is 0 Å². The minimum absolute atomic E-state index is 0.821. The lowest BCUT2D eigenvalue weighted by atomic mass is 9.79. The van der Waals surface area contributed by atoms with Gasteiger partial charge in [-0.2, -0.15) is 0 Å². The molecule has 0 N–H and O–H groups in total. The van der Waals surface area contributed by atoms with Gasteiger partial charge in [-0.25, -0.2) is 0 Å². The van der Waals surface area contributed by atoms with Crippen LogP contribution in [0.5, 0.6) is 0 Å². The molecule has 0 amide bonds. The van der Waals surface area contributed by atoms with Crippen LogP contribution in [0.3, 0.4) is 0 Å². The van der Waals surface area contributed by atoms with Gasteiger partial charge in [0, 0.05) is 0 Å². The van der Waals surface area contributed by atoms with E-state index in [2.05, 4.69) is 31.2 Å². The molecule has 0 radical (unpaired) electrons. The second-order valence-electron chi connectivity index (χ2n) is 2.80. The Bertz CT molecular complexity index is 225. The molecule has 46 valence electrons. The van der Waals surface area contributed by atoms with Crippen molar-refractivity contribution in [2.75, 3.05) is 0 Å². The highest BCUT2D eigenvalue weighted by Crippen LogP contribution is 2.33. The lowest BCUT2D eigenvalue weighted by molar-refractivity contribution is 0.667. The first-order chi connectivity index (χ1) is 4.38. The summed E-state index contributed by atoms with van der Waals surface area (Å²) in [7, 11) is 0. The van der Waals surface area contributed by atoms with Gasteiger partial charge in [0.25, 0.3) is 0 Å². The number of hydrogen-bond acceptors (Lipinski definition) is 0. The van der Waals surface area contributed by atoms with Gasteiger partial charge in [0.15, 0.2) is 0 Å². The SMILES string of the molecule is C[C@@H]1Cc2ccccc21.